The van der Waals surface area contributed by atoms with E-state index >= 15 is 0 Å². The van der Waals surface area contributed by atoms with E-state index in [1.807, 2.05) is 0 Å². The first-order valence-electron chi connectivity index (χ1n) is 8.98. The standard InChI is InChI=1S/C19H29NO3/c1-2-11-22-15-19-9-5-12-23-17(19)8-10-20(14-19)18(21)13-16-6-3-4-7-16/h2-3,6,16-17H,1,4-5,7-15H2/t16-,17-,19+/m0/s1. The van der Waals surface area contributed by atoms with E-state index in [1.54, 1.807) is 6.08 Å². The van der Waals surface area contributed by atoms with Gasteiger partial charge in [-0.2, -0.15) is 0 Å². The van der Waals surface area contributed by atoms with Crippen molar-refractivity contribution in [2.45, 2.75) is 44.6 Å². The third-order valence-electron chi connectivity index (χ3n) is 5.52. The van der Waals surface area contributed by atoms with Crippen molar-refractivity contribution in [3.05, 3.63) is 24.8 Å². The zero-order valence-electron chi connectivity index (χ0n) is 14.0. The van der Waals surface area contributed by atoms with Gasteiger partial charge >= 0.3 is 0 Å². The van der Waals surface area contributed by atoms with Crippen LogP contribution in [0.15, 0.2) is 24.8 Å². The Bertz CT molecular complexity index is 462. The van der Waals surface area contributed by atoms with Crippen LogP contribution in [-0.4, -0.2) is 49.8 Å². The molecule has 2 aliphatic heterocycles. The van der Waals surface area contributed by atoms with Crippen LogP contribution in [0.2, 0.25) is 0 Å². The molecule has 2 heterocycles. The molecule has 0 unspecified atom stereocenters. The summed E-state index contributed by atoms with van der Waals surface area (Å²) in [4.78, 5) is 14.8. The van der Waals surface area contributed by atoms with Crippen LogP contribution in [0, 0.1) is 11.3 Å². The number of likely N-dealkylation sites (tertiary alicyclic amines) is 1. The highest BCUT2D eigenvalue weighted by Gasteiger charge is 2.47. The number of allylic oxidation sites excluding steroid dienone is 2. The van der Waals surface area contributed by atoms with Crippen molar-refractivity contribution >= 4 is 5.91 Å². The Kier molecular flexibility index (Phi) is 5.54. The second kappa shape index (κ2) is 7.63. The Morgan fingerprint density at radius 1 is 1.48 bits per heavy atom. The zero-order chi connectivity index (χ0) is 16.1. The molecular formula is C19H29NO3. The fourth-order valence-electron chi connectivity index (χ4n) is 4.28. The maximum Gasteiger partial charge on any atom is 0.223 e. The van der Waals surface area contributed by atoms with Crippen molar-refractivity contribution in [3.63, 3.8) is 0 Å². The summed E-state index contributed by atoms with van der Waals surface area (Å²) in [6, 6.07) is 0. The van der Waals surface area contributed by atoms with Crippen LogP contribution in [0.3, 0.4) is 0 Å². The van der Waals surface area contributed by atoms with Crippen molar-refractivity contribution in [1.82, 2.24) is 4.90 Å². The topological polar surface area (TPSA) is 38.8 Å². The number of nitrogens with zero attached hydrogens (tertiary/aromatic N) is 1. The average molecular weight is 319 g/mol. The summed E-state index contributed by atoms with van der Waals surface area (Å²) in [5.74, 6) is 0.740. The van der Waals surface area contributed by atoms with E-state index in [9.17, 15) is 4.79 Å². The van der Waals surface area contributed by atoms with Crippen LogP contribution in [-0.2, 0) is 14.3 Å². The summed E-state index contributed by atoms with van der Waals surface area (Å²) in [7, 11) is 0. The first kappa shape index (κ1) is 16.7. The van der Waals surface area contributed by atoms with Gasteiger partial charge in [0.1, 0.15) is 0 Å². The number of hydrogen-bond acceptors (Lipinski definition) is 3. The molecule has 1 amide bonds. The lowest BCUT2D eigenvalue weighted by molar-refractivity contribution is -0.164. The van der Waals surface area contributed by atoms with Crippen LogP contribution in [0.25, 0.3) is 0 Å². The SMILES string of the molecule is C=CCOC[C@]12CCCO[C@H]1CCN(C(=O)C[C@H]1C=CCC1)C2. The maximum atomic E-state index is 12.7. The molecule has 3 rings (SSSR count). The molecule has 4 nitrogen and oxygen atoms in total. The lowest BCUT2D eigenvalue weighted by Crippen LogP contribution is -2.58. The van der Waals surface area contributed by atoms with Crippen LogP contribution in [0.5, 0.6) is 0 Å². The Morgan fingerprint density at radius 3 is 3.17 bits per heavy atom. The fourth-order valence-corrected chi connectivity index (χ4v) is 4.28. The molecule has 1 aliphatic carbocycles. The molecular weight excluding hydrogens is 290 g/mol. The third-order valence-corrected chi connectivity index (χ3v) is 5.52. The summed E-state index contributed by atoms with van der Waals surface area (Å²) in [6.45, 7) is 7.39. The van der Waals surface area contributed by atoms with Crippen molar-refractivity contribution in [2.75, 3.05) is 32.9 Å². The quantitative estimate of drug-likeness (QED) is 0.558. The molecule has 0 radical (unpaired) electrons. The van der Waals surface area contributed by atoms with Crippen LogP contribution in [0.4, 0.5) is 0 Å². The molecule has 0 spiro atoms. The summed E-state index contributed by atoms with van der Waals surface area (Å²) in [5, 5.41) is 0. The van der Waals surface area contributed by atoms with E-state index in [0.717, 1.165) is 51.8 Å². The number of rotatable bonds is 6. The van der Waals surface area contributed by atoms with Crippen molar-refractivity contribution < 1.29 is 14.3 Å². The number of carbonyl (C=O) groups is 1. The Labute approximate surface area is 139 Å². The van der Waals surface area contributed by atoms with Crippen LogP contribution in [0.1, 0.15) is 38.5 Å². The van der Waals surface area contributed by atoms with Gasteiger partial charge in [0.15, 0.2) is 0 Å². The van der Waals surface area contributed by atoms with Gasteiger partial charge in [0, 0.05) is 31.5 Å². The van der Waals surface area contributed by atoms with Gasteiger partial charge in [-0.15, -0.1) is 6.58 Å². The van der Waals surface area contributed by atoms with Crippen molar-refractivity contribution in [1.29, 1.82) is 0 Å². The molecule has 2 saturated heterocycles. The fraction of sp³-hybridized carbons (Fsp3) is 0.737. The number of hydrogen-bond donors (Lipinski definition) is 0. The highest BCUT2D eigenvalue weighted by atomic mass is 16.5. The van der Waals surface area contributed by atoms with Crippen LogP contribution >= 0.6 is 0 Å². The van der Waals surface area contributed by atoms with E-state index < -0.39 is 0 Å². The minimum atomic E-state index is -0.0271. The number of piperidine rings is 1. The molecule has 0 bridgehead atoms. The van der Waals surface area contributed by atoms with E-state index in [4.69, 9.17) is 9.47 Å². The Balaban J connectivity index is 1.63. The molecule has 0 aromatic heterocycles. The van der Waals surface area contributed by atoms with Crippen LogP contribution < -0.4 is 0 Å². The smallest absolute Gasteiger partial charge is 0.223 e. The van der Waals surface area contributed by atoms with Crippen molar-refractivity contribution in [3.8, 4) is 0 Å². The second-order valence-electron chi connectivity index (χ2n) is 7.20. The normalized spacial score (nSPS) is 33.5. The van der Waals surface area contributed by atoms with Gasteiger partial charge in [0.2, 0.25) is 5.91 Å². The number of carbonyl (C=O) groups excluding carboxylic acids is 1. The molecule has 0 saturated carbocycles. The van der Waals surface area contributed by atoms with Crippen molar-refractivity contribution in [2.24, 2.45) is 11.3 Å². The van der Waals surface area contributed by atoms with E-state index in [1.165, 1.54) is 0 Å². The molecule has 4 heteroatoms. The predicted octanol–water partition coefficient (Wildman–Crippen LogP) is 2.94. The van der Waals surface area contributed by atoms with Gasteiger partial charge in [0.05, 0.1) is 19.3 Å². The minimum Gasteiger partial charge on any atom is -0.377 e. The van der Waals surface area contributed by atoms with Gasteiger partial charge in [0.25, 0.3) is 0 Å². The predicted molar refractivity (Wildman–Crippen MR) is 90.1 cm³/mol. The number of fused-ring (bicyclic) bond motifs is 1. The zero-order valence-corrected chi connectivity index (χ0v) is 14.0. The van der Waals surface area contributed by atoms with Gasteiger partial charge in [-0.1, -0.05) is 18.2 Å². The minimum absolute atomic E-state index is 0.0271. The first-order valence-corrected chi connectivity index (χ1v) is 8.98. The number of amides is 1. The summed E-state index contributed by atoms with van der Waals surface area (Å²) < 4.78 is 11.8. The monoisotopic (exact) mass is 319 g/mol. The molecule has 3 atom stereocenters. The lowest BCUT2D eigenvalue weighted by Gasteiger charge is -2.50. The number of ether oxygens (including phenoxy) is 2. The van der Waals surface area contributed by atoms with Gasteiger partial charge in [-0.25, -0.2) is 0 Å². The molecule has 2 fully saturated rings. The largest absolute Gasteiger partial charge is 0.377 e. The average Bonchev–Trinajstić information content (AvgIpc) is 3.07. The molecule has 0 aromatic carbocycles. The molecule has 3 aliphatic rings. The van der Waals surface area contributed by atoms with E-state index in [-0.39, 0.29) is 11.5 Å². The van der Waals surface area contributed by atoms with Gasteiger partial charge in [-0.3, -0.25) is 4.79 Å². The van der Waals surface area contributed by atoms with Gasteiger partial charge < -0.3 is 14.4 Å². The maximum absolute atomic E-state index is 12.7. The van der Waals surface area contributed by atoms with E-state index in [0.29, 0.717) is 31.5 Å². The highest BCUT2D eigenvalue weighted by molar-refractivity contribution is 5.77. The molecule has 0 aromatic rings. The summed E-state index contributed by atoms with van der Waals surface area (Å²) in [6.07, 6.45) is 12.4. The van der Waals surface area contributed by atoms with E-state index in [2.05, 4.69) is 23.6 Å². The summed E-state index contributed by atoms with van der Waals surface area (Å²) in [5.41, 5.74) is -0.0271. The Hall–Kier alpha value is -1.13. The molecule has 23 heavy (non-hydrogen) atoms. The lowest BCUT2D eigenvalue weighted by atomic mass is 9.73. The third kappa shape index (κ3) is 3.86. The highest BCUT2D eigenvalue weighted by Crippen LogP contribution is 2.41. The second-order valence-corrected chi connectivity index (χ2v) is 7.20. The summed E-state index contributed by atoms with van der Waals surface area (Å²) >= 11 is 0. The molecule has 128 valence electrons. The Morgan fingerprint density at radius 2 is 2.39 bits per heavy atom. The first-order chi connectivity index (χ1) is 11.2. The molecule has 0 N–H and O–H groups in total. The van der Waals surface area contributed by atoms with Gasteiger partial charge in [-0.05, 0) is 38.0 Å².